The summed E-state index contributed by atoms with van der Waals surface area (Å²) in [5, 5.41) is 0. The number of para-hydroxylation sites is 1. The van der Waals surface area contributed by atoms with Crippen LogP contribution in [-0.2, 0) is 10.0 Å². The summed E-state index contributed by atoms with van der Waals surface area (Å²) in [5.41, 5.74) is 0. The van der Waals surface area contributed by atoms with Gasteiger partial charge in [0.2, 0.25) is 10.0 Å². The first-order valence-corrected chi connectivity index (χ1v) is 7.07. The van der Waals surface area contributed by atoms with Crippen LogP contribution in [0.5, 0.6) is 5.75 Å². The molecule has 5 heteroatoms. The van der Waals surface area contributed by atoms with Crippen LogP contribution < -0.4 is 4.74 Å². The lowest BCUT2D eigenvalue weighted by Gasteiger charge is -2.18. The van der Waals surface area contributed by atoms with Crippen LogP contribution in [-0.4, -0.2) is 33.4 Å². The second kappa shape index (κ2) is 6.02. The minimum Gasteiger partial charge on any atom is -0.495 e. The molecule has 1 rings (SSSR count). The van der Waals surface area contributed by atoms with E-state index in [4.69, 9.17) is 4.74 Å². The lowest BCUT2D eigenvalue weighted by Crippen LogP contribution is -2.28. The number of nitrogens with zero attached hydrogens (tertiary/aromatic N) is 1. The van der Waals surface area contributed by atoms with Gasteiger partial charge in [-0.2, -0.15) is 0 Å². The van der Waals surface area contributed by atoms with Gasteiger partial charge in [0.05, 0.1) is 7.11 Å². The van der Waals surface area contributed by atoms with Crippen LogP contribution in [0.25, 0.3) is 0 Å². The molecule has 0 radical (unpaired) electrons. The van der Waals surface area contributed by atoms with Crippen molar-refractivity contribution in [2.75, 3.05) is 20.7 Å². The Labute approximate surface area is 103 Å². The molecular formula is C12H19NO3S. The fraction of sp³-hybridized carbons (Fsp3) is 0.500. The predicted molar refractivity (Wildman–Crippen MR) is 67.7 cm³/mol. The van der Waals surface area contributed by atoms with E-state index in [1.807, 2.05) is 6.92 Å². The fourth-order valence-corrected chi connectivity index (χ4v) is 2.86. The Bertz CT molecular complexity index is 457. The monoisotopic (exact) mass is 257 g/mol. The smallest absolute Gasteiger partial charge is 0.246 e. The molecule has 0 saturated heterocycles. The number of unbranched alkanes of at least 4 members (excludes halogenated alkanes) is 1. The molecule has 0 aliphatic rings. The van der Waals surface area contributed by atoms with E-state index in [0.29, 0.717) is 12.3 Å². The number of hydrogen-bond acceptors (Lipinski definition) is 3. The third kappa shape index (κ3) is 3.20. The van der Waals surface area contributed by atoms with Gasteiger partial charge in [0.15, 0.2) is 0 Å². The van der Waals surface area contributed by atoms with Crippen molar-refractivity contribution < 1.29 is 13.2 Å². The van der Waals surface area contributed by atoms with Crippen LogP contribution >= 0.6 is 0 Å². The number of methoxy groups -OCH3 is 1. The molecule has 0 atom stereocenters. The van der Waals surface area contributed by atoms with Crippen molar-refractivity contribution in [1.82, 2.24) is 4.31 Å². The van der Waals surface area contributed by atoms with Crippen molar-refractivity contribution >= 4 is 10.0 Å². The Morgan fingerprint density at radius 3 is 2.53 bits per heavy atom. The van der Waals surface area contributed by atoms with E-state index in [2.05, 4.69) is 0 Å². The minimum absolute atomic E-state index is 0.223. The zero-order chi connectivity index (χ0) is 12.9. The molecule has 0 bridgehead atoms. The molecule has 0 aliphatic carbocycles. The lowest BCUT2D eigenvalue weighted by atomic mass is 10.3. The van der Waals surface area contributed by atoms with Gasteiger partial charge in [-0.1, -0.05) is 25.5 Å². The van der Waals surface area contributed by atoms with Crippen LogP contribution in [0.3, 0.4) is 0 Å². The van der Waals surface area contributed by atoms with E-state index in [9.17, 15) is 8.42 Å². The second-order valence-corrected chi connectivity index (χ2v) is 5.84. The summed E-state index contributed by atoms with van der Waals surface area (Å²) < 4.78 is 31.0. The minimum atomic E-state index is -3.45. The summed E-state index contributed by atoms with van der Waals surface area (Å²) in [7, 11) is -0.378. The van der Waals surface area contributed by atoms with E-state index in [0.717, 1.165) is 12.8 Å². The van der Waals surface area contributed by atoms with Gasteiger partial charge in [-0.25, -0.2) is 12.7 Å². The standard InChI is InChI=1S/C12H19NO3S/c1-4-5-10-13(2)17(14,15)12-9-7-6-8-11(12)16-3/h6-9H,4-5,10H2,1-3H3. The number of hydrogen-bond donors (Lipinski definition) is 0. The molecule has 17 heavy (non-hydrogen) atoms. The molecule has 0 amide bonds. The highest BCUT2D eigenvalue weighted by Gasteiger charge is 2.23. The third-order valence-corrected chi connectivity index (χ3v) is 4.48. The fourth-order valence-electron chi connectivity index (χ4n) is 1.50. The quantitative estimate of drug-likeness (QED) is 0.784. The van der Waals surface area contributed by atoms with Gasteiger partial charge in [0, 0.05) is 13.6 Å². The number of benzene rings is 1. The maximum Gasteiger partial charge on any atom is 0.246 e. The molecular weight excluding hydrogens is 238 g/mol. The van der Waals surface area contributed by atoms with Crippen molar-refractivity contribution in [3.8, 4) is 5.75 Å². The number of rotatable bonds is 6. The molecule has 0 fully saturated rings. The first-order chi connectivity index (χ1) is 8.04. The molecule has 0 spiro atoms. The van der Waals surface area contributed by atoms with Gasteiger partial charge in [-0.15, -0.1) is 0 Å². The summed E-state index contributed by atoms with van der Waals surface area (Å²) in [6.45, 7) is 2.56. The largest absolute Gasteiger partial charge is 0.495 e. The highest BCUT2D eigenvalue weighted by molar-refractivity contribution is 7.89. The maximum atomic E-state index is 12.3. The van der Waals surface area contributed by atoms with E-state index in [-0.39, 0.29) is 4.90 Å². The Morgan fingerprint density at radius 1 is 1.29 bits per heavy atom. The van der Waals surface area contributed by atoms with E-state index < -0.39 is 10.0 Å². The lowest BCUT2D eigenvalue weighted by molar-refractivity contribution is 0.397. The SMILES string of the molecule is CCCCN(C)S(=O)(=O)c1ccccc1OC. The highest BCUT2D eigenvalue weighted by atomic mass is 32.2. The van der Waals surface area contributed by atoms with Crippen LogP contribution in [0.2, 0.25) is 0 Å². The molecule has 0 aliphatic heterocycles. The van der Waals surface area contributed by atoms with Crippen LogP contribution in [0.15, 0.2) is 29.2 Å². The molecule has 96 valence electrons. The topological polar surface area (TPSA) is 46.6 Å². The van der Waals surface area contributed by atoms with Gasteiger partial charge in [-0.3, -0.25) is 0 Å². The van der Waals surface area contributed by atoms with Gasteiger partial charge >= 0.3 is 0 Å². The maximum absolute atomic E-state index is 12.3. The summed E-state index contributed by atoms with van der Waals surface area (Å²) in [6, 6.07) is 6.67. The second-order valence-electron chi connectivity index (χ2n) is 3.83. The molecule has 0 N–H and O–H groups in total. The van der Waals surface area contributed by atoms with Crippen molar-refractivity contribution in [3.63, 3.8) is 0 Å². The first-order valence-electron chi connectivity index (χ1n) is 5.63. The molecule has 1 aromatic carbocycles. The Hall–Kier alpha value is -1.07. The Morgan fingerprint density at radius 2 is 1.94 bits per heavy atom. The number of ether oxygens (including phenoxy) is 1. The van der Waals surface area contributed by atoms with Gasteiger partial charge in [0.1, 0.15) is 10.6 Å². The van der Waals surface area contributed by atoms with Crippen molar-refractivity contribution in [2.45, 2.75) is 24.7 Å². The first kappa shape index (κ1) is 14.0. The summed E-state index contributed by atoms with van der Waals surface area (Å²) in [4.78, 5) is 0.223. The zero-order valence-electron chi connectivity index (χ0n) is 10.5. The molecule has 0 saturated carbocycles. The van der Waals surface area contributed by atoms with E-state index in [1.165, 1.54) is 11.4 Å². The molecule has 0 unspecified atom stereocenters. The molecule has 0 heterocycles. The Balaban J connectivity index is 3.04. The number of sulfonamides is 1. The summed E-state index contributed by atoms with van der Waals surface area (Å²) in [6.07, 6.45) is 1.82. The van der Waals surface area contributed by atoms with Crippen LogP contribution in [0.1, 0.15) is 19.8 Å². The highest BCUT2D eigenvalue weighted by Crippen LogP contribution is 2.25. The average Bonchev–Trinajstić information content (AvgIpc) is 2.35. The van der Waals surface area contributed by atoms with Crippen molar-refractivity contribution in [3.05, 3.63) is 24.3 Å². The third-order valence-electron chi connectivity index (χ3n) is 2.58. The van der Waals surface area contributed by atoms with E-state index >= 15 is 0 Å². The van der Waals surface area contributed by atoms with Gasteiger partial charge in [-0.05, 0) is 18.6 Å². The van der Waals surface area contributed by atoms with Gasteiger partial charge in [0.25, 0.3) is 0 Å². The zero-order valence-corrected chi connectivity index (χ0v) is 11.3. The summed E-state index contributed by atoms with van der Waals surface area (Å²) in [5.74, 6) is 0.385. The molecule has 1 aromatic rings. The van der Waals surface area contributed by atoms with Crippen molar-refractivity contribution in [1.29, 1.82) is 0 Å². The molecule has 4 nitrogen and oxygen atoms in total. The van der Waals surface area contributed by atoms with Gasteiger partial charge < -0.3 is 4.74 Å². The average molecular weight is 257 g/mol. The Kier molecular flexibility index (Phi) is 4.96. The van der Waals surface area contributed by atoms with E-state index in [1.54, 1.807) is 31.3 Å². The van der Waals surface area contributed by atoms with Crippen molar-refractivity contribution in [2.24, 2.45) is 0 Å². The predicted octanol–water partition coefficient (Wildman–Crippen LogP) is 2.12. The normalized spacial score (nSPS) is 11.8. The van der Waals surface area contributed by atoms with Crippen LogP contribution in [0.4, 0.5) is 0 Å². The molecule has 0 aromatic heterocycles. The summed E-state index contributed by atoms with van der Waals surface area (Å²) >= 11 is 0. The van der Waals surface area contributed by atoms with Crippen LogP contribution in [0, 0.1) is 0 Å².